The summed E-state index contributed by atoms with van der Waals surface area (Å²) < 4.78 is 13.3. The van der Waals surface area contributed by atoms with E-state index in [0.717, 1.165) is 34.1 Å². The maximum Gasteiger partial charge on any atom is 0.150 e. The number of hydrogen-bond acceptors (Lipinski definition) is 1. The number of carbonyl (C=O) groups excluding carboxylic acids is 1. The summed E-state index contributed by atoms with van der Waals surface area (Å²) in [5, 5.41) is 0. The van der Waals surface area contributed by atoms with Gasteiger partial charge >= 0.3 is 0 Å². The van der Waals surface area contributed by atoms with Crippen molar-refractivity contribution in [3.05, 3.63) is 58.4 Å². The Morgan fingerprint density at radius 3 is 2.11 bits per heavy atom. The van der Waals surface area contributed by atoms with Crippen LogP contribution >= 0.6 is 0 Å². The number of rotatable bonds is 2. The predicted octanol–water partition coefficient (Wildman–Crippen LogP) is 4.23. The lowest BCUT2D eigenvalue weighted by Crippen LogP contribution is -1.94. The van der Waals surface area contributed by atoms with Gasteiger partial charge in [-0.1, -0.05) is 12.1 Å². The van der Waals surface area contributed by atoms with Gasteiger partial charge < -0.3 is 0 Å². The van der Waals surface area contributed by atoms with Crippen LogP contribution in [0.25, 0.3) is 11.1 Å². The lowest BCUT2D eigenvalue weighted by Gasteiger charge is -2.13. The number of benzene rings is 2. The number of halogens is 1. The quantitative estimate of drug-likeness (QED) is 0.720. The molecular weight excluding hydrogens is 227 g/mol. The Balaban J connectivity index is 2.72. The average Bonchev–Trinajstić information content (AvgIpc) is 2.30. The van der Waals surface area contributed by atoms with Gasteiger partial charge in [-0.15, -0.1) is 0 Å². The SMILES string of the molecule is Cc1ccc(C=O)cc1-c1c(C)cc(F)cc1C. The van der Waals surface area contributed by atoms with Gasteiger partial charge in [-0.05, 0) is 66.8 Å². The van der Waals surface area contributed by atoms with Crippen LogP contribution < -0.4 is 0 Å². The topological polar surface area (TPSA) is 17.1 Å². The fraction of sp³-hybridized carbons (Fsp3) is 0.188. The van der Waals surface area contributed by atoms with Crippen LogP contribution in [0.2, 0.25) is 0 Å². The molecule has 0 amide bonds. The van der Waals surface area contributed by atoms with Crippen LogP contribution in [-0.4, -0.2) is 6.29 Å². The van der Waals surface area contributed by atoms with Gasteiger partial charge in [0.1, 0.15) is 12.1 Å². The minimum atomic E-state index is -0.224. The summed E-state index contributed by atoms with van der Waals surface area (Å²) in [6, 6.07) is 8.61. The van der Waals surface area contributed by atoms with E-state index in [2.05, 4.69) is 0 Å². The molecule has 2 aromatic carbocycles. The molecule has 0 saturated carbocycles. The zero-order chi connectivity index (χ0) is 13.3. The monoisotopic (exact) mass is 242 g/mol. The van der Waals surface area contributed by atoms with Crippen molar-refractivity contribution in [3.8, 4) is 11.1 Å². The highest BCUT2D eigenvalue weighted by Crippen LogP contribution is 2.31. The normalized spacial score (nSPS) is 10.4. The summed E-state index contributed by atoms with van der Waals surface area (Å²) >= 11 is 0. The van der Waals surface area contributed by atoms with Crippen LogP contribution in [-0.2, 0) is 0 Å². The fourth-order valence-electron chi connectivity index (χ4n) is 2.32. The second-order valence-electron chi connectivity index (χ2n) is 4.61. The minimum absolute atomic E-state index is 0.224. The smallest absolute Gasteiger partial charge is 0.150 e. The van der Waals surface area contributed by atoms with E-state index in [-0.39, 0.29) is 5.82 Å². The summed E-state index contributed by atoms with van der Waals surface area (Å²) in [7, 11) is 0. The molecule has 0 spiro atoms. The van der Waals surface area contributed by atoms with E-state index in [1.54, 1.807) is 6.07 Å². The van der Waals surface area contributed by atoms with Crippen molar-refractivity contribution in [3.63, 3.8) is 0 Å². The number of aryl methyl sites for hydroxylation is 3. The van der Waals surface area contributed by atoms with E-state index in [0.29, 0.717) is 5.56 Å². The van der Waals surface area contributed by atoms with Crippen molar-refractivity contribution in [2.24, 2.45) is 0 Å². The van der Waals surface area contributed by atoms with Crippen LogP contribution in [0.15, 0.2) is 30.3 Å². The van der Waals surface area contributed by atoms with Gasteiger partial charge in [0.25, 0.3) is 0 Å². The van der Waals surface area contributed by atoms with E-state index in [1.165, 1.54) is 12.1 Å². The van der Waals surface area contributed by atoms with Crippen LogP contribution in [0.3, 0.4) is 0 Å². The summed E-state index contributed by atoms with van der Waals surface area (Å²) in [6.45, 7) is 5.77. The molecule has 0 aliphatic rings. The third kappa shape index (κ3) is 2.19. The lowest BCUT2D eigenvalue weighted by atomic mass is 9.91. The van der Waals surface area contributed by atoms with Crippen LogP contribution in [0.4, 0.5) is 4.39 Å². The maximum absolute atomic E-state index is 13.3. The largest absolute Gasteiger partial charge is 0.298 e. The Labute approximate surface area is 106 Å². The first kappa shape index (κ1) is 12.5. The maximum atomic E-state index is 13.3. The van der Waals surface area contributed by atoms with Gasteiger partial charge in [-0.25, -0.2) is 4.39 Å². The second kappa shape index (κ2) is 4.73. The zero-order valence-corrected chi connectivity index (χ0v) is 10.8. The minimum Gasteiger partial charge on any atom is -0.298 e. The number of hydrogen-bond donors (Lipinski definition) is 0. The molecule has 18 heavy (non-hydrogen) atoms. The standard InChI is InChI=1S/C16H15FO/c1-10-4-5-13(9-18)8-15(10)16-11(2)6-14(17)7-12(16)3/h4-9H,1-3H3. The lowest BCUT2D eigenvalue weighted by molar-refractivity contribution is 0.112. The Hall–Kier alpha value is -1.96. The molecule has 0 heterocycles. The molecule has 2 rings (SSSR count). The molecule has 0 bridgehead atoms. The molecule has 0 unspecified atom stereocenters. The van der Waals surface area contributed by atoms with E-state index >= 15 is 0 Å². The molecule has 0 aromatic heterocycles. The molecule has 0 aliphatic heterocycles. The summed E-state index contributed by atoms with van der Waals surface area (Å²) in [4.78, 5) is 10.9. The predicted molar refractivity (Wildman–Crippen MR) is 71.4 cm³/mol. The molecule has 0 atom stereocenters. The molecule has 0 radical (unpaired) electrons. The van der Waals surface area contributed by atoms with Crippen molar-refractivity contribution in [1.82, 2.24) is 0 Å². The number of aldehydes is 1. The molecule has 0 fully saturated rings. The first-order valence-electron chi connectivity index (χ1n) is 5.86. The van der Waals surface area contributed by atoms with E-state index in [1.807, 2.05) is 32.9 Å². The van der Waals surface area contributed by atoms with Crippen molar-refractivity contribution < 1.29 is 9.18 Å². The molecule has 92 valence electrons. The summed E-state index contributed by atoms with van der Waals surface area (Å²) in [5.74, 6) is -0.224. The Kier molecular flexibility index (Phi) is 3.28. The third-order valence-corrected chi connectivity index (χ3v) is 3.16. The van der Waals surface area contributed by atoms with Gasteiger partial charge in [-0.3, -0.25) is 4.79 Å². The molecule has 2 heteroatoms. The summed E-state index contributed by atoms with van der Waals surface area (Å²) in [6.07, 6.45) is 0.830. The van der Waals surface area contributed by atoms with E-state index in [9.17, 15) is 9.18 Å². The fourth-order valence-corrected chi connectivity index (χ4v) is 2.32. The van der Waals surface area contributed by atoms with Crippen LogP contribution in [0.5, 0.6) is 0 Å². The highest BCUT2D eigenvalue weighted by atomic mass is 19.1. The second-order valence-corrected chi connectivity index (χ2v) is 4.61. The molecule has 0 aliphatic carbocycles. The first-order valence-corrected chi connectivity index (χ1v) is 5.86. The van der Waals surface area contributed by atoms with Gasteiger partial charge in [0.15, 0.2) is 0 Å². The van der Waals surface area contributed by atoms with Crippen molar-refractivity contribution in [2.75, 3.05) is 0 Å². The number of carbonyl (C=O) groups is 1. The highest BCUT2D eigenvalue weighted by molar-refractivity contribution is 5.82. The van der Waals surface area contributed by atoms with Gasteiger partial charge in [-0.2, -0.15) is 0 Å². The third-order valence-electron chi connectivity index (χ3n) is 3.16. The van der Waals surface area contributed by atoms with Crippen molar-refractivity contribution in [2.45, 2.75) is 20.8 Å². The molecule has 1 nitrogen and oxygen atoms in total. The summed E-state index contributed by atoms with van der Waals surface area (Å²) in [5.41, 5.74) is 5.50. The van der Waals surface area contributed by atoms with Gasteiger partial charge in [0.05, 0.1) is 0 Å². The van der Waals surface area contributed by atoms with E-state index in [4.69, 9.17) is 0 Å². The first-order chi connectivity index (χ1) is 8.52. The Morgan fingerprint density at radius 1 is 0.944 bits per heavy atom. The van der Waals surface area contributed by atoms with Gasteiger partial charge in [0.2, 0.25) is 0 Å². The zero-order valence-electron chi connectivity index (χ0n) is 10.8. The molecule has 0 N–H and O–H groups in total. The Bertz CT molecular complexity index is 591. The van der Waals surface area contributed by atoms with Crippen LogP contribution in [0.1, 0.15) is 27.0 Å². The molecular formula is C16H15FO. The Morgan fingerprint density at radius 2 is 1.56 bits per heavy atom. The molecule has 2 aromatic rings. The van der Waals surface area contributed by atoms with Crippen molar-refractivity contribution in [1.29, 1.82) is 0 Å². The average molecular weight is 242 g/mol. The van der Waals surface area contributed by atoms with Crippen LogP contribution in [0, 0.1) is 26.6 Å². The van der Waals surface area contributed by atoms with E-state index < -0.39 is 0 Å². The molecule has 0 saturated heterocycles. The highest BCUT2D eigenvalue weighted by Gasteiger charge is 2.10. The van der Waals surface area contributed by atoms with Crippen molar-refractivity contribution >= 4 is 6.29 Å². The van der Waals surface area contributed by atoms with Gasteiger partial charge in [0, 0.05) is 5.56 Å².